The average molecular weight is 290 g/mol. The molecule has 0 aliphatic carbocycles. The molecule has 1 atom stereocenters. The third kappa shape index (κ3) is 4.74. The molecule has 0 spiro atoms. The van der Waals surface area contributed by atoms with Crippen LogP contribution in [0.25, 0.3) is 0 Å². The van der Waals surface area contributed by atoms with Gasteiger partial charge in [0.05, 0.1) is 12.6 Å². The lowest BCUT2D eigenvalue weighted by Crippen LogP contribution is -2.35. The van der Waals surface area contributed by atoms with E-state index in [1.165, 1.54) is 5.56 Å². The largest absolute Gasteiger partial charge is 0.376 e. The molecular formula is C17H26N2O2. The molecule has 0 aromatic heterocycles. The number of benzene rings is 1. The molecule has 116 valence electrons. The summed E-state index contributed by atoms with van der Waals surface area (Å²) < 4.78 is 5.49. The number of nitrogens with one attached hydrogen (secondary N) is 2. The minimum absolute atomic E-state index is 0.00853. The van der Waals surface area contributed by atoms with Gasteiger partial charge >= 0.3 is 0 Å². The Morgan fingerprint density at radius 3 is 2.76 bits per heavy atom. The molecule has 0 radical (unpaired) electrons. The molecule has 0 saturated carbocycles. The highest BCUT2D eigenvalue weighted by molar-refractivity contribution is 5.81. The van der Waals surface area contributed by atoms with E-state index in [1.54, 1.807) is 0 Å². The summed E-state index contributed by atoms with van der Waals surface area (Å²) in [6.07, 6.45) is 2.33. The molecule has 4 nitrogen and oxygen atoms in total. The number of ether oxygens (including phenoxy) is 1. The van der Waals surface area contributed by atoms with Gasteiger partial charge in [0.15, 0.2) is 0 Å². The van der Waals surface area contributed by atoms with Gasteiger partial charge in [-0.3, -0.25) is 4.79 Å². The number of rotatable bonds is 5. The molecule has 1 aliphatic heterocycles. The van der Waals surface area contributed by atoms with Crippen molar-refractivity contribution in [3.05, 3.63) is 29.8 Å². The third-order valence-electron chi connectivity index (χ3n) is 3.73. The molecule has 4 heteroatoms. The third-order valence-corrected chi connectivity index (χ3v) is 3.73. The molecule has 1 saturated heterocycles. The van der Waals surface area contributed by atoms with E-state index in [9.17, 15) is 4.79 Å². The maximum Gasteiger partial charge on any atom is 0.239 e. The number of amides is 1. The van der Waals surface area contributed by atoms with Gasteiger partial charge in [-0.1, -0.05) is 39.0 Å². The molecule has 1 aliphatic rings. The summed E-state index contributed by atoms with van der Waals surface area (Å²) in [7, 11) is 0. The topological polar surface area (TPSA) is 50.4 Å². The normalized spacial score (nSPS) is 18.5. The Labute approximate surface area is 127 Å². The summed E-state index contributed by atoms with van der Waals surface area (Å²) in [6, 6.07) is 8.14. The van der Waals surface area contributed by atoms with Crippen LogP contribution in [0.1, 0.15) is 39.2 Å². The standard InChI is InChI=1S/C17H26N2O2/c1-17(2,3)14-8-4-5-9-15(14)18-12-16(20)19-11-13-7-6-10-21-13/h4-5,8-9,13,18H,6-7,10-12H2,1-3H3,(H,19,20). The Bertz CT molecular complexity index is 474. The second-order valence-electron chi connectivity index (χ2n) is 6.59. The molecule has 21 heavy (non-hydrogen) atoms. The number of hydrogen-bond donors (Lipinski definition) is 2. The van der Waals surface area contributed by atoms with Crippen LogP contribution in [-0.4, -0.2) is 31.7 Å². The van der Waals surface area contributed by atoms with Crippen molar-refractivity contribution in [3.63, 3.8) is 0 Å². The van der Waals surface area contributed by atoms with Crippen LogP contribution in [0.5, 0.6) is 0 Å². The summed E-state index contributed by atoms with van der Waals surface area (Å²) in [4.78, 5) is 11.9. The number of carbonyl (C=O) groups is 1. The average Bonchev–Trinajstić information content (AvgIpc) is 2.95. The fourth-order valence-electron chi connectivity index (χ4n) is 2.56. The first-order chi connectivity index (χ1) is 9.97. The van der Waals surface area contributed by atoms with Crippen LogP contribution >= 0.6 is 0 Å². The van der Waals surface area contributed by atoms with E-state index in [-0.39, 0.29) is 17.4 Å². The number of anilines is 1. The number of hydrogen-bond acceptors (Lipinski definition) is 3. The van der Waals surface area contributed by atoms with Gasteiger partial charge in [0, 0.05) is 18.8 Å². The van der Waals surface area contributed by atoms with Crippen LogP contribution in [0.3, 0.4) is 0 Å². The second kappa shape index (κ2) is 6.94. The Hall–Kier alpha value is -1.55. The van der Waals surface area contributed by atoms with Gasteiger partial charge in [-0.2, -0.15) is 0 Å². The highest BCUT2D eigenvalue weighted by Gasteiger charge is 2.18. The van der Waals surface area contributed by atoms with Gasteiger partial charge in [-0.15, -0.1) is 0 Å². The van der Waals surface area contributed by atoms with Crippen LogP contribution in [0, 0.1) is 0 Å². The van der Waals surface area contributed by atoms with Gasteiger partial charge in [-0.25, -0.2) is 0 Å². The Balaban J connectivity index is 1.83. The molecule has 1 aromatic rings. The molecular weight excluding hydrogens is 264 g/mol. The summed E-state index contributed by atoms with van der Waals surface area (Å²) in [5.41, 5.74) is 2.30. The first kappa shape index (κ1) is 15.8. The zero-order valence-corrected chi connectivity index (χ0v) is 13.2. The van der Waals surface area contributed by atoms with Gasteiger partial charge in [0.25, 0.3) is 0 Å². The van der Waals surface area contributed by atoms with Crippen LogP contribution in [0.4, 0.5) is 5.69 Å². The van der Waals surface area contributed by atoms with Crippen molar-refractivity contribution in [2.24, 2.45) is 0 Å². The lowest BCUT2D eigenvalue weighted by Gasteiger charge is -2.23. The molecule has 2 rings (SSSR count). The van der Waals surface area contributed by atoms with Crippen molar-refractivity contribution in [1.82, 2.24) is 5.32 Å². The lowest BCUT2D eigenvalue weighted by molar-refractivity contribution is -0.119. The van der Waals surface area contributed by atoms with Crippen molar-refractivity contribution in [3.8, 4) is 0 Å². The molecule has 2 N–H and O–H groups in total. The van der Waals surface area contributed by atoms with Crippen molar-refractivity contribution >= 4 is 11.6 Å². The first-order valence-electron chi connectivity index (χ1n) is 7.68. The number of para-hydroxylation sites is 1. The van der Waals surface area contributed by atoms with E-state index >= 15 is 0 Å². The van der Waals surface area contributed by atoms with Crippen LogP contribution in [-0.2, 0) is 14.9 Å². The lowest BCUT2D eigenvalue weighted by atomic mass is 9.86. The van der Waals surface area contributed by atoms with E-state index in [1.807, 2.05) is 18.2 Å². The monoisotopic (exact) mass is 290 g/mol. The van der Waals surface area contributed by atoms with E-state index in [2.05, 4.69) is 37.5 Å². The quantitative estimate of drug-likeness (QED) is 0.876. The van der Waals surface area contributed by atoms with E-state index in [4.69, 9.17) is 4.74 Å². The Morgan fingerprint density at radius 2 is 2.10 bits per heavy atom. The maximum absolute atomic E-state index is 11.9. The van der Waals surface area contributed by atoms with Gasteiger partial charge in [0.2, 0.25) is 5.91 Å². The highest BCUT2D eigenvalue weighted by atomic mass is 16.5. The van der Waals surface area contributed by atoms with E-state index in [0.29, 0.717) is 13.1 Å². The van der Waals surface area contributed by atoms with Crippen molar-refractivity contribution in [1.29, 1.82) is 0 Å². The predicted octanol–water partition coefficient (Wildman–Crippen LogP) is 2.69. The zero-order chi connectivity index (χ0) is 15.3. The first-order valence-corrected chi connectivity index (χ1v) is 7.68. The van der Waals surface area contributed by atoms with Crippen LogP contribution in [0.2, 0.25) is 0 Å². The van der Waals surface area contributed by atoms with Gasteiger partial charge < -0.3 is 15.4 Å². The van der Waals surface area contributed by atoms with E-state index < -0.39 is 0 Å². The molecule has 1 fully saturated rings. The maximum atomic E-state index is 11.9. The molecule has 0 bridgehead atoms. The smallest absolute Gasteiger partial charge is 0.239 e. The molecule has 1 unspecified atom stereocenters. The van der Waals surface area contributed by atoms with Crippen LogP contribution < -0.4 is 10.6 Å². The molecule has 1 aromatic carbocycles. The fourth-order valence-corrected chi connectivity index (χ4v) is 2.56. The summed E-state index contributed by atoms with van der Waals surface area (Å²) in [5, 5.41) is 6.17. The van der Waals surface area contributed by atoms with Crippen LogP contribution in [0.15, 0.2) is 24.3 Å². The van der Waals surface area contributed by atoms with Gasteiger partial charge in [-0.05, 0) is 29.9 Å². The van der Waals surface area contributed by atoms with Crippen molar-refractivity contribution < 1.29 is 9.53 Å². The Morgan fingerprint density at radius 1 is 1.33 bits per heavy atom. The summed E-state index contributed by atoms with van der Waals surface area (Å²) >= 11 is 0. The van der Waals surface area contributed by atoms with Gasteiger partial charge in [0.1, 0.15) is 0 Å². The second-order valence-corrected chi connectivity index (χ2v) is 6.59. The highest BCUT2D eigenvalue weighted by Crippen LogP contribution is 2.28. The van der Waals surface area contributed by atoms with Crippen molar-refractivity contribution in [2.45, 2.75) is 45.1 Å². The number of carbonyl (C=O) groups excluding carboxylic acids is 1. The minimum Gasteiger partial charge on any atom is -0.376 e. The summed E-state index contributed by atoms with van der Waals surface area (Å²) in [5.74, 6) is 0.00853. The van der Waals surface area contributed by atoms with Crippen molar-refractivity contribution in [2.75, 3.05) is 25.0 Å². The predicted molar refractivity (Wildman–Crippen MR) is 85.6 cm³/mol. The molecule has 1 heterocycles. The van der Waals surface area contributed by atoms with E-state index in [0.717, 1.165) is 25.1 Å². The molecule has 1 amide bonds. The minimum atomic E-state index is 0.00853. The SMILES string of the molecule is CC(C)(C)c1ccccc1NCC(=O)NCC1CCCO1. The Kier molecular flexibility index (Phi) is 5.23. The zero-order valence-electron chi connectivity index (χ0n) is 13.2. The summed E-state index contributed by atoms with van der Waals surface area (Å²) in [6.45, 7) is 8.24. The fraction of sp³-hybridized carbons (Fsp3) is 0.588.